The molecule has 1 amide bonds. The van der Waals surface area contributed by atoms with E-state index in [9.17, 15) is 9.18 Å². The predicted molar refractivity (Wildman–Crippen MR) is 77.4 cm³/mol. The molecule has 21 heavy (non-hydrogen) atoms. The van der Waals surface area contributed by atoms with E-state index in [1.807, 2.05) is 13.0 Å². The Morgan fingerprint density at radius 1 is 1.33 bits per heavy atom. The van der Waals surface area contributed by atoms with Crippen molar-refractivity contribution in [3.63, 3.8) is 0 Å². The minimum Gasteiger partial charge on any atom is -0.337 e. The maximum absolute atomic E-state index is 13.2. The molecule has 1 heterocycles. The Balaban J connectivity index is 2.05. The molecule has 0 aliphatic rings. The lowest BCUT2D eigenvalue weighted by atomic mass is 10.1. The second-order valence-corrected chi connectivity index (χ2v) is 4.93. The van der Waals surface area contributed by atoms with Gasteiger partial charge in [0.15, 0.2) is 5.69 Å². The topological polar surface area (TPSA) is 61.9 Å². The summed E-state index contributed by atoms with van der Waals surface area (Å²) < 4.78 is 13.2. The highest BCUT2D eigenvalue weighted by molar-refractivity contribution is 5.93. The van der Waals surface area contributed by atoms with Gasteiger partial charge in [0.05, 0.1) is 5.69 Å². The fourth-order valence-electron chi connectivity index (χ4n) is 2.18. The predicted octanol–water partition coefficient (Wildman–Crippen LogP) is 2.35. The first-order valence-electron chi connectivity index (χ1n) is 7.03. The molecule has 0 spiro atoms. The van der Waals surface area contributed by atoms with E-state index in [0.29, 0.717) is 30.9 Å². The van der Waals surface area contributed by atoms with Crippen LogP contribution in [0.25, 0.3) is 0 Å². The van der Waals surface area contributed by atoms with E-state index in [1.165, 1.54) is 12.1 Å². The molecule has 2 aromatic rings. The third-order valence-corrected chi connectivity index (χ3v) is 3.26. The number of carbonyl (C=O) groups is 1. The highest BCUT2D eigenvalue weighted by Crippen LogP contribution is 2.09. The van der Waals surface area contributed by atoms with E-state index in [0.717, 1.165) is 12.0 Å². The van der Waals surface area contributed by atoms with Crippen molar-refractivity contribution in [2.45, 2.75) is 26.7 Å². The third kappa shape index (κ3) is 3.87. The molecule has 112 valence electrons. The minimum atomic E-state index is -0.256. The fraction of sp³-hybridized carbons (Fsp3) is 0.400. The average molecular weight is 290 g/mol. The van der Waals surface area contributed by atoms with Crippen LogP contribution in [0.2, 0.25) is 0 Å². The summed E-state index contributed by atoms with van der Waals surface area (Å²) in [4.78, 5) is 14.2. The van der Waals surface area contributed by atoms with E-state index in [1.54, 1.807) is 17.9 Å². The van der Waals surface area contributed by atoms with Gasteiger partial charge in [0.2, 0.25) is 0 Å². The Hall–Kier alpha value is -2.24. The lowest BCUT2D eigenvalue weighted by molar-refractivity contribution is 0.0750. The van der Waals surface area contributed by atoms with Crippen LogP contribution in [0.15, 0.2) is 24.3 Å². The Morgan fingerprint density at radius 3 is 2.76 bits per heavy atom. The number of H-pyrrole nitrogens is 1. The highest BCUT2D eigenvalue weighted by Gasteiger charge is 2.20. The largest absolute Gasteiger partial charge is 0.337 e. The Bertz CT molecular complexity index is 611. The zero-order chi connectivity index (χ0) is 15.2. The maximum atomic E-state index is 13.2. The molecular weight excluding hydrogens is 271 g/mol. The number of amides is 1. The summed E-state index contributed by atoms with van der Waals surface area (Å²) in [6.45, 7) is 4.93. The van der Waals surface area contributed by atoms with Crippen molar-refractivity contribution in [1.82, 2.24) is 20.3 Å². The number of nitrogens with zero attached hydrogens (tertiary/aromatic N) is 3. The van der Waals surface area contributed by atoms with Crippen molar-refractivity contribution in [3.8, 4) is 0 Å². The van der Waals surface area contributed by atoms with Gasteiger partial charge in [-0.05, 0) is 37.5 Å². The zero-order valence-electron chi connectivity index (χ0n) is 12.3. The normalized spacial score (nSPS) is 10.6. The molecular formula is C15H19FN4O. The van der Waals surface area contributed by atoms with Gasteiger partial charge in [-0.15, -0.1) is 0 Å². The van der Waals surface area contributed by atoms with Crippen molar-refractivity contribution in [1.29, 1.82) is 0 Å². The summed E-state index contributed by atoms with van der Waals surface area (Å²) in [6, 6.07) is 6.45. The molecule has 0 bridgehead atoms. The Morgan fingerprint density at radius 2 is 2.14 bits per heavy atom. The van der Waals surface area contributed by atoms with Crippen LogP contribution in [0, 0.1) is 12.7 Å². The average Bonchev–Trinajstić information content (AvgIpc) is 2.89. The van der Waals surface area contributed by atoms with Crippen molar-refractivity contribution < 1.29 is 9.18 Å². The number of rotatable bonds is 6. The number of aryl methyl sites for hydroxylation is 1. The number of carbonyl (C=O) groups excluding carboxylic acids is 1. The Labute approximate surface area is 123 Å². The number of hydrogen-bond donors (Lipinski definition) is 1. The summed E-state index contributed by atoms with van der Waals surface area (Å²) >= 11 is 0. The summed E-state index contributed by atoms with van der Waals surface area (Å²) in [5.41, 5.74) is 1.82. The molecule has 0 saturated heterocycles. The van der Waals surface area contributed by atoms with Crippen LogP contribution >= 0.6 is 0 Å². The number of aromatic nitrogens is 3. The van der Waals surface area contributed by atoms with Crippen molar-refractivity contribution in [3.05, 3.63) is 47.0 Å². The van der Waals surface area contributed by atoms with Gasteiger partial charge in [-0.1, -0.05) is 19.1 Å². The molecule has 0 aliphatic heterocycles. The lowest BCUT2D eigenvalue weighted by Crippen LogP contribution is -2.34. The lowest BCUT2D eigenvalue weighted by Gasteiger charge is -2.21. The molecule has 1 N–H and O–H groups in total. The van der Waals surface area contributed by atoms with E-state index < -0.39 is 0 Å². The first kappa shape index (κ1) is 15.2. The van der Waals surface area contributed by atoms with Gasteiger partial charge in [-0.25, -0.2) is 4.39 Å². The summed E-state index contributed by atoms with van der Waals surface area (Å²) in [7, 11) is 0. The van der Waals surface area contributed by atoms with Crippen LogP contribution in [0.3, 0.4) is 0 Å². The second-order valence-electron chi connectivity index (χ2n) is 4.93. The third-order valence-electron chi connectivity index (χ3n) is 3.26. The second kappa shape index (κ2) is 6.97. The molecule has 0 fully saturated rings. The van der Waals surface area contributed by atoms with Gasteiger partial charge >= 0.3 is 0 Å². The first-order valence-corrected chi connectivity index (χ1v) is 7.03. The standard InChI is InChI=1S/C15H19FN4O/c1-3-8-20(15(21)14-11(2)17-19-18-14)9-7-12-5-4-6-13(16)10-12/h4-6,10H,3,7-9H2,1-2H3,(H,17,18,19). The number of nitrogens with one attached hydrogen (secondary N) is 1. The van der Waals surface area contributed by atoms with E-state index >= 15 is 0 Å². The van der Waals surface area contributed by atoms with Gasteiger partial charge in [-0.2, -0.15) is 15.4 Å². The highest BCUT2D eigenvalue weighted by atomic mass is 19.1. The van der Waals surface area contributed by atoms with Gasteiger partial charge in [-0.3, -0.25) is 4.79 Å². The minimum absolute atomic E-state index is 0.139. The quantitative estimate of drug-likeness (QED) is 0.888. The van der Waals surface area contributed by atoms with E-state index in [-0.39, 0.29) is 11.7 Å². The maximum Gasteiger partial charge on any atom is 0.276 e. The molecule has 5 nitrogen and oxygen atoms in total. The zero-order valence-corrected chi connectivity index (χ0v) is 12.3. The molecule has 0 radical (unpaired) electrons. The number of aromatic amines is 1. The van der Waals surface area contributed by atoms with Crippen LogP contribution in [0.4, 0.5) is 4.39 Å². The number of benzene rings is 1. The molecule has 0 aliphatic carbocycles. The summed E-state index contributed by atoms with van der Waals surface area (Å²) in [6.07, 6.45) is 1.46. The van der Waals surface area contributed by atoms with Gasteiger partial charge < -0.3 is 4.90 Å². The summed E-state index contributed by atoms with van der Waals surface area (Å²) in [5.74, 6) is -0.396. The summed E-state index contributed by atoms with van der Waals surface area (Å²) in [5, 5.41) is 10.2. The molecule has 0 unspecified atom stereocenters. The van der Waals surface area contributed by atoms with Crippen LogP contribution < -0.4 is 0 Å². The molecule has 1 aromatic heterocycles. The van der Waals surface area contributed by atoms with E-state index in [4.69, 9.17) is 0 Å². The number of halogens is 1. The molecule has 2 rings (SSSR count). The smallest absolute Gasteiger partial charge is 0.276 e. The van der Waals surface area contributed by atoms with Gasteiger partial charge in [0, 0.05) is 13.1 Å². The van der Waals surface area contributed by atoms with Crippen LogP contribution in [-0.2, 0) is 6.42 Å². The molecule has 6 heteroatoms. The molecule has 0 saturated carbocycles. The van der Waals surface area contributed by atoms with Crippen molar-refractivity contribution in [2.24, 2.45) is 0 Å². The van der Waals surface area contributed by atoms with Gasteiger partial charge in [0.1, 0.15) is 5.82 Å². The Kier molecular flexibility index (Phi) is 5.03. The fourth-order valence-corrected chi connectivity index (χ4v) is 2.18. The monoisotopic (exact) mass is 290 g/mol. The van der Waals surface area contributed by atoms with Crippen LogP contribution in [0.5, 0.6) is 0 Å². The van der Waals surface area contributed by atoms with Crippen molar-refractivity contribution >= 4 is 5.91 Å². The number of hydrogen-bond acceptors (Lipinski definition) is 3. The van der Waals surface area contributed by atoms with Crippen LogP contribution in [0.1, 0.15) is 35.1 Å². The van der Waals surface area contributed by atoms with Crippen LogP contribution in [-0.4, -0.2) is 39.3 Å². The molecule has 1 aromatic carbocycles. The first-order chi connectivity index (χ1) is 10.1. The van der Waals surface area contributed by atoms with E-state index in [2.05, 4.69) is 15.4 Å². The van der Waals surface area contributed by atoms with Gasteiger partial charge in [0.25, 0.3) is 5.91 Å². The SMILES string of the molecule is CCCN(CCc1cccc(F)c1)C(=O)c1n[nH]nc1C. The molecule has 0 atom stereocenters. The van der Waals surface area contributed by atoms with Crippen molar-refractivity contribution in [2.75, 3.05) is 13.1 Å².